The van der Waals surface area contributed by atoms with Crippen LogP contribution in [0.15, 0.2) is 24.4 Å². The number of carbonyl (C=O) groups is 2. The predicted molar refractivity (Wildman–Crippen MR) is 100 cm³/mol. The molecule has 0 unspecified atom stereocenters. The lowest BCUT2D eigenvalue weighted by Crippen LogP contribution is -2.46. The first-order valence-electron chi connectivity index (χ1n) is 10.1. The number of alkyl halides is 3. The van der Waals surface area contributed by atoms with Gasteiger partial charge in [-0.1, -0.05) is 6.07 Å². The Hall–Kier alpha value is -2.40. The number of ether oxygens (including phenoxy) is 3. The van der Waals surface area contributed by atoms with Gasteiger partial charge in [0.05, 0.1) is 12.6 Å². The van der Waals surface area contributed by atoms with Crippen LogP contribution < -0.4 is 4.74 Å². The Morgan fingerprint density at radius 3 is 2.48 bits per heavy atom. The molecule has 0 spiro atoms. The lowest BCUT2D eigenvalue weighted by molar-refractivity contribution is -0.192. The summed E-state index contributed by atoms with van der Waals surface area (Å²) in [5.41, 5.74) is 0. The summed E-state index contributed by atoms with van der Waals surface area (Å²) in [6.45, 7) is 2.69. The number of rotatable bonds is 3. The van der Waals surface area contributed by atoms with Crippen LogP contribution >= 0.6 is 0 Å². The van der Waals surface area contributed by atoms with Crippen LogP contribution in [0.4, 0.5) is 13.2 Å². The van der Waals surface area contributed by atoms with Crippen LogP contribution in [0.3, 0.4) is 0 Å². The van der Waals surface area contributed by atoms with Crippen molar-refractivity contribution in [2.24, 2.45) is 5.92 Å². The molecule has 0 aliphatic carbocycles. The van der Waals surface area contributed by atoms with E-state index in [4.69, 9.17) is 24.1 Å². The Balaban J connectivity index is 0.000000339. The minimum atomic E-state index is -5.08. The topological polar surface area (TPSA) is 98.2 Å². The number of fused-ring (bicyclic) bond motifs is 1. The zero-order valence-corrected chi connectivity index (χ0v) is 16.8. The summed E-state index contributed by atoms with van der Waals surface area (Å²) in [6.07, 6.45) is 0.0580. The fourth-order valence-corrected chi connectivity index (χ4v) is 4.02. The third kappa shape index (κ3) is 6.07. The first kappa shape index (κ1) is 23.3. The molecular weight excluding hydrogens is 421 g/mol. The Labute approximate surface area is 177 Å². The molecule has 172 valence electrons. The molecule has 0 bridgehead atoms. The van der Waals surface area contributed by atoms with Crippen molar-refractivity contribution in [2.45, 2.75) is 50.1 Å². The molecule has 4 rings (SSSR count). The van der Waals surface area contributed by atoms with Gasteiger partial charge in [0.1, 0.15) is 12.2 Å². The minimum absolute atomic E-state index is 0.0513. The molecule has 0 radical (unpaired) electrons. The number of carbonyl (C=O) groups excluding carboxylic acids is 1. The maximum absolute atomic E-state index is 13.0. The molecular formula is C20H25F3N2O6. The second-order valence-electron chi connectivity index (χ2n) is 7.55. The maximum atomic E-state index is 13.0. The summed E-state index contributed by atoms with van der Waals surface area (Å²) in [5, 5.41) is 7.12. The fraction of sp³-hybridized carbons (Fsp3) is 0.650. The van der Waals surface area contributed by atoms with Gasteiger partial charge < -0.3 is 24.2 Å². The molecule has 1 amide bonds. The number of pyridine rings is 1. The van der Waals surface area contributed by atoms with E-state index in [1.807, 2.05) is 23.1 Å². The molecule has 0 aromatic carbocycles. The molecule has 3 aliphatic heterocycles. The number of likely N-dealkylation sites (tertiary alicyclic amines) is 1. The van der Waals surface area contributed by atoms with Crippen LogP contribution in [0.5, 0.6) is 5.88 Å². The number of aliphatic carboxylic acids is 1. The molecule has 3 atom stereocenters. The van der Waals surface area contributed by atoms with Crippen LogP contribution in [0.2, 0.25) is 0 Å². The number of nitrogens with zero attached hydrogens (tertiary/aromatic N) is 2. The van der Waals surface area contributed by atoms with E-state index in [1.165, 1.54) is 0 Å². The Bertz CT molecular complexity index is 742. The number of hydrogen-bond acceptors (Lipinski definition) is 6. The summed E-state index contributed by atoms with van der Waals surface area (Å²) >= 11 is 0. The van der Waals surface area contributed by atoms with Crippen molar-refractivity contribution in [3.05, 3.63) is 24.4 Å². The second kappa shape index (κ2) is 10.3. The van der Waals surface area contributed by atoms with Crippen molar-refractivity contribution in [3.8, 4) is 5.88 Å². The van der Waals surface area contributed by atoms with Crippen molar-refractivity contribution in [3.63, 3.8) is 0 Å². The van der Waals surface area contributed by atoms with Gasteiger partial charge in [-0.05, 0) is 31.7 Å². The molecule has 1 N–H and O–H groups in total. The summed E-state index contributed by atoms with van der Waals surface area (Å²) < 4.78 is 49.2. The zero-order chi connectivity index (χ0) is 22.4. The molecule has 3 saturated heterocycles. The van der Waals surface area contributed by atoms with Crippen LogP contribution in [-0.4, -0.2) is 77.7 Å². The smallest absolute Gasteiger partial charge is 0.475 e. The Kier molecular flexibility index (Phi) is 7.71. The van der Waals surface area contributed by atoms with Crippen molar-refractivity contribution in [1.29, 1.82) is 0 Å². The van der Waals surface area contributed by atoms with Crippen LogP contribution in [0.25, 0.3) is 0 Å². The highest BCUT2D eigenvalue weighted by molar-refractivity contribution is 5.80. The maximum Gasteiger partial charge on any atom is 0.490 e. The van der Waals surface area contributed by atoms with Gasteiger partial charge in [-0.2, -0.15) is 13.2 Å². The number of carboxylic acids is 1. The monoisotopic (exact) mass is 446 g/mol. The highest BCUT2D eigenvalue weighted by atomic mass is 19.4. The lowest BCUT2D eigenvalue weighted by atomic mass is 9.97. The largest absolute Gasteiger partial charge is 0.490 e. The number of amides is 1. The number of halogens is 3. The summed E-state index contributed by atoms with van der Waals surface area (Å²) in [7, 11) is 0. The van der Waals surface area contributed by atoms with Gasteiger partial charge >= 0.3 is 12.1 Å². The van der Waals surface area contributed by atoms with Gasteiger partial charge in [-0.3, -0.25) is 4.79 Å². The molecule has 8 nitrogen and oxygen atoms in total. The molecule has 1 aromatic heterocycles. The summed E-state index contributed by atoms with van der Waals surface area (Å²) in [4.78, 5) is 28.1. The van der Waals surface area contributed by atoms with E-state index in [0.717, 1.165) is 32.3 Å². The Morgan fingerprint density at radius 1 is 1.16 bits per heavy atom. The van der Waals surface area contributed by atoms with Gasteiger partial charge in [0.2, 0.25) is 11.8 Å². The molecule has 0 saturated carbocycles. The van der Waals surface area contributed by atoms with E-state index < -0.39 is 12.1 Å². The number of hydrogen-bond donors (Lipinski definition) is 1. The van der Waals surface area contributed by atoms with Gasteiger partial charge in [0.15, 0.2) is 0 Å². The van der Waals surface area contributed by atoms with E-state index in [-0.39, 0.29) is 30.1 Å². The van der Waals surface area contributed by atoms with Crippen LogP contribution in [0.1, 0.15) is 25.7 Å². The third-order valence-corrected chi connectivity index (χ3v) is 5.48. The Morgan fingerprint density at radius 2 is 1.87 bits per heavy atom. The highest BCUT2D eigenvalue weighted by Crippen LogP contribution is 2.33. The molecule has 3 fully saturated rings. The standard InChI is InChI=1S/C18H24N2O4.C2HF3O2/c21-18(13-6-10-22-11-7-13)20-12-15(17-14(20)4-3-9-23-17)24-16-5-1-2-8-19-16;3-2(4,5)1(6)7/h1-2,5,8,13-15,17H,3-4,6-7,9-12H2;(H,6,7)/t14-,15+,17+;/m1./s1. The van der Waals surface area contributed by atoms with Crippen molar-refractivity contribution >= 4 is 11.9 Å². The average molecular weight is 446 g/mol. The van der Waals surface area contributed by atoms with Gasteiger partial charge in [-0.25, -0.2) is 9.78 Å². The van der Waals surface area contributed by atoms with E-state index in [2.05, 4.69) is 4.98 Å². The normalized spacial score (nSPS) is 26.4. The SMILES string of the molecule is O=C(C1CCOCC1)N1C[C@H](Oc2ccccn2)[C@H]2OCCC[C@H]21.O=C(O)C(F)(F)F. The molecule has 11 heteroatoms. The van der Waals surface area contributed by atoms with Crippen molar-refractivity contribution < 1.29 is 42.1 Å². The van der Waals surface area contributed by atoms with Gasteiger partial charge in [0.25, 0.3) is 0 Å². The fourth-order valence-electron chi connectivity index (χ4n) is 4.02. The first-order valence-corrected chi connectivity index (χ1v) is 10.1. The zero-order valence-electron chi connectivity index (χ0n) is 16.8. The summed E-state index contributed by atoms with van der Waals surface area (Å²) in [5.74, 6) is -1.84. The van der Waals surface area contributed by atoms with E-state index in [0.29, 0.717) is 25.6 Å². The van der Waals surface area contributed by atoms with Gasteiger partial charge in [-0.15, -0.1) is 0 Å². The summed E-state index contributed by atoms with van der Waals surface area (Å²) in [6, 6.07) is 5.74. The lowest BCUT2D eigenvalue weighted by Gasteiger charge is -2.34. The number of aromatic nitrogens is 1. The average Bonchev–Trinajstić information content (AvgIpc) is 3.13. The molecule has 1 aromatic rings. The minimum Gasteiger partial charge on any atom is -0.475 e. The van der Waals surface area contributed by atoms with Crippen molar-refractivity contribution in [2.75, 3.05) is 26.4 Å². The van der Waals surface area contributed by atoms with E-state index in [9.17, 15) is 18.0 Å². The second-order valence-corrected chi connectivity index (χ2v) is 7.55. The first-order chi connectivity index (χ1) is 14.8. The quantitative estimate of drug-likeness (QED) is 0.761. The molecule has 31 heavy (non-hydrogen) atoms. The predicted octanol–water partition coefficient (Wildman–Crippen LogP) is 2.28. The van der Waals surface area contributed by atoms with Crippen molar-refractivity contribution in [1.82, 2.24) is 9.88 Å². The van der Waals surface area contributed by atoms with Crippen LogP contribution in [-0.2, 0) is 19.1 Å². The highest BCUT2D eigenvalue weighted by Gasteiger charge is 2.48. The third-order valence-electron chi connectivity index (χ3n) is 5.48. The van der Waals surface area contributed by atoms with E-state index in [1.54, 1.807) is 6.20 Å². The number of carboxylic acid groups (broad SMARTS) is 1. The van der Waals surface area contributed by atoms with E-state index >= 15 is 0 Å². The van der Waals surface area contributed by atoms with Gasteiger partial charge in [0, 0.05) is 38.0 Å². The molecule has 3 aliphatic rings. The molecule has 4 heterocycles. The van der Waals surface area contributed by atoms with Crippen LogP contribution in [0, 0.1) is 5.92 Å².